The Labute approximate surface area is 179 Å². The SMILES string of the molecule is C=S(C/C=C\C)Nc1cncc(-c2ccc3ncc(Nc4ccccc4)nc3c2)c1. The van der Waals surface area contributed by atoms with Crippen molar-refractivity contribution in [1.29, 1.82) is 0 Å². The lowest BCUT2D eigenvalue weighted by atomic mass is 10.1. The van der Waals surface area contributed by atoms with Gasteiger partial charge in [0, 0.05) is 23.2 Å². The molecule has 150 valence electrons. The number of para-hydroxylation sites is 1. The molecule has 5 nitrogen and oxygen atoms in total. The summed E-state index contributed by atoms with van der Waals surface area (Å²) in [5, 5.41) is 3.30. The third-order valence-electron chi connectivity index (χ3n) is 4.46. The van der Waals surface area contributed by atoms with Gasteiger partial charge >= 0.3 is 0 Å². The van der Waals surface area contributed by atoms with E-state index in [1.165, 1.54) is 0 Å². The Morgan fingerprint density at radius 1 is 0.933 bits per heavy atom. The summed E-state index contributed by atoms with van der Waals surface area (Å²) in [7, 11) is -0.188. The third kappa shape index (κ3) is 4.90. The maximum Gasteiger partial charge on any atom is 0.149 e. The Morgan fingerprint density at radius 3 is 2.63 bits per heavy atom. The fraction of sp³-hybridized carbons (Fsp3) is 0.0833. The summed E-state index contributed by atoms with van der Waals surface area (Å²) in [6.07, 6.45) is 9.59. The lowest BCUT2D eigenvalue weighted by Crippen LogP contribution is -1.96. The van der Waals surface area contributed by atoms with Gasteiger partial charge in [-0.1, -0.05) is 42.3 Å². The molecule has 1 atom stereocenters. The molecule has 6 heteroatoms. The normalized spacial score (nSPS) is 12.2. The second-order valence-corrected chi connectivity index (χ2v) is 8.27. The monoisotopic (exact) mass is 413 g/mol. The second kappa shape index (κ2) is 9.33. The van der Waals surface area contributed by atoms with E-state index in [9.17, 15) is 0 Å². The summed E-state index contributed by atoms with van der Waals surface area (Å²) in [5.41, 5.74) is 5.69. The Hall–Kier alpha value is -3.51. The van der Waals surface area contributed by atoms with E-state index in [0.29, 0.717) is 5.82 Å². The first-order valence-electron chi connectivity index (χ1n) is 9.64. The van der Waals surface area contributed by atoms with Crippen molar-refractivity contribution in [3.8, 4) is 11.1 Å². The van der Waals surface area contributed by atoms with E-state index in [4.69, 9.17) is 4.98 Å². The van der Waals surface area contributed by atoms with E-state index in [2.05, 4.69) is 38.0 Å². The smallest absolute Gasteiger partial charge is 0.149 e. The van der Waals surface area contributed by atoms with Gasteiger partial charge in [0.1, 0.15) is 5.82 Å². The lowest BCUT2D eigenvalue weighted by Gasteiger charge is -2.11. The number of fused-ring (bicyclic) bond motifs is 1. The largest absolute Gasteiger partial charge is 0.339 e. The summed E-state index contributed by atoms with van der Waals surface area (Å²) in [6, 6.07) is 18.1. The fourth-order valence-corrected chi connectivity index (χ4v) is 3.95. The molecule has 30 heavy (non-hydrogen) atoms. The topological polar surface area (TPSA) is 62.7 Å². The highest BCUT2D eigenvalue weighted by molar-refractivity contribution is 8.15. The maximum atomic E-state index is 4.74. The zero-order valence-corrected chi connectivity index (χ0v) is 17.6. The Bertz CT molecular complexity index is 1200. The van der Waals surface area contributed by atoms with E-state index in [1.54, 1.807) is 6.20 Å². The average molecular weight is 414 g/mol. The first-order valence-corrected chi connectivity index (χ1v) is 11.2. The second-order valence-electron chi connectivity index (χ2n) is 6.74. The number of hydrogen-bond donors (Lipinski definition) is 2. The quantitative estimate of drug-likeness (QED) is 0.286. The van der Waals surface area contributed by atoms with Gasteiger partial charge in [-0.15, -0.1) is 10.7 Å². The number of pyridine rings is 1. The molecule has 0 radical (unpaired) electrons. The molecule has 0 saturated heterocycles. The molecule has 4 rings (SSSR count). The van der Waals surface area contributed by atoms with Gasteiger partial charge in [-0.05, 0) is 42.8 Å². The molecule has 2 aromatic heterocycles. The molecule has 0 aliphatic rings. The van der Waals surface area contributed by atoms with Crippen LogP contribution >= 0.6 is 10.7 Å². The third-order valence-corrected chi connectivity index (χ3v) is 5.57. The zero-order chi connectivity index (χ0) is 20.8. The number of hydrogen-bond acceptors (Lipinski definition) is 5. The fourth-order valence-electron chi connectivity index (χ4n) is 2.99. The van der Waals surface area contributed by atoms with Gasteiger partial charge in [0.05, 0.1) is 29.1 Å². The molecule has 0 amide bonds. The molecular formula is C24H23N5S. The van der Waals surface area contributed by atoms with Gasteiger partial charge in [0.15, 0.2) is 0 Å². The van der Waals surface area contributed by atoms with Crippen LogP contribution in [0, 0.1) is 0 Å². The van der Waals surface area contributed by atoms with Crippen LogP contribution in [-0.4, -0.2) is 26.6 Å². The molecule has 2 heterocycles. The van der Waals surface area contributed by atoms with Crippen molar-refractivity contribution in [1.82, 2.24) is 15.0 Å². The van der Waals surface area contributed by atoms with Gasteiger partial charge in [0.2, 0.25) is 0 Å². The lowest BCUT2D eigenvalue weighted by molar-refractivity contribution is 1.28. The van der Waals surface area contributed by atoms with Crippen LogP contribution in [0.4, 0.5) is 17.2 Å². The van der Waals surface area contributed by atoms with E-state index in [0.717, 1.165) is 39.3 Å². The molecule has 0 fully saturated rings. The van der Waals surface area contributed by atoms with Crippen LogP contribution in [0.25, 0.3) is 22.2 Å². The predicted molar refractivity (Wildman–Crippen MR) is 131 cm³/mol. The first kappa shape index (κ1) is 19.8. The number of aromatic nitrogens is 3. The molecular weight excluding hydrogens is 390 g/mol. The summed E-state index contributed by atoms with van der Waals surface area (Å²) < 4.78 is 3.43. The van der Waals surface area contributed by atoms with Gasteiger partial charge in [0.25, 0.3) is 0 Å². The van der Waals surface area contributed by atoms with Crippen molar-refractivity contribution >= 4 is 44.8 Å². The molecule has 0 saturated carbocycles. The zero-order valence-electron chi connectivity index (χ0n) is 16.7. The van der Waals surface area contributed by atoms with Crippen LogP contribution in [0.5, 0.6) is 0 Å². The molecule has 0 aliphatic carbocycles. The van der Waals surface area contributed by atoms with Crippen molar-refractivity contribution in [2.24, 2.45) is 0 Å². The summed E-state index contributed by atoms with van der Waals surface area (Å²) in [4.78, 5) is 13.7. The Kier molecular flexibility index (Phi) is 6.15. The molecule has 0 aliphatic heterocycles. The van der Waals surface area contributed by atoms with E-state index < -0.39 is 0 Å². The molecule has 4 aromatic rings. The summed E-state index contributed by atoms with van der Waals surface area (Å²) in [5.74, 6) is 5.78. The van der Waals surface area contributed by atoms with E-state index in [1.807, 2.05) is 73.9 Å². The number of rotatable bonds is 7. The number of allylic oxidation sites excluding steroid dienone is 1. The van der Waals surface area contributed by atoms with E-state index >= 15 is 0 Å². The number of anilines is 3. The minimum atomic E-state index is -0.188. The highest BCUT2D eigenvalue weighted by Gasteiger charge is 2.06. The van der Waals surface area contributed by atoms with Crippen molar-refractivity contribution in [2.45, 2.75) is 6.92 Å². The van der Waals surface area contributed by atoms with Crippen LogP contribution in [0.2, 0.25) is 0 Å². The maximum absolute atomic E-state index is 4.74. The van der Waals surface area contributed by atoms with Crippen LogP contribution in [0.1, 0.15) is 6.92 Å². The Balaban J connectivity index is 1.59. The van der Waals surface area contributed by atoms with Crippen molar-refractivity contribution in [2.75, 3.05) is 15.8 Å². The molecule has 2 aromatic carbocycles. The highest BCUT2D eigenvalue weighted by atomic mass is 32.2. The van der Waals surface area contributed by atoms with Crippen LogP contribution < -0.4 is 10.0 Å². The van der Waals surface area contributed by atoms with E-state index in [-0.39, 0.29) is 10.7 Å². The van der Waals surface area contributed by atoms with Crippen molar-refractivity contribution < 1.29 is 0 Å². The summed E-state index contributed by atoms with van der Waals surface area (Å²) >= 11 is 0. The highest BCUT2D eigenvalue weighted by Crippen LogP contribution is 2.27. The minimum Gasteiger partial charge on any atom is -0.339 e. The van der Waals surface area contributed by atoms with Crippen LogP contribution in [-0.2, 0) is 0 Å². The molecule has 0 bridgehead atoms. The number of benzene rings is 2. The average Bonchev–Trinajstić information content (AvgIpc) is 2.78. The van der Waals surface area contributed by atoms with Crippen LogP contribution in [0.3, 0.4) is 0 Å². The van der Waals surface area contributed by atoms with Gasteiger partial charge in [-0.3, -0.25) is 9.97 Å². The Morgan fingerprint density at radius 2 is 1.80 bits per heavy atom. The standard InChI is InChI=1S/C24H23N5S/c1-3-4-12-30(2)29-21-13-19(15-25-16-21)18-10-11-22-23(14-18)28-24(17-26-22)27-20-8-6-5-7-9-20/h3-11,13-17,29H,2,12H2,1H3,(H,27,28)/b4-3-. The molecule has 2 N–H and O–H groups in total. The molecule has 0 spiro atoms. The minimum absolute atomic E-state index is 0.188. The van der Waals surface area contributed by atoms with Gasteiger partial charge in [-0.2, -0.15) is 0 Å². The number of nitrogens with zero attached hydrogens (tertiary/aromatic N) is 3. The molecule has 1 unspecified atom stereocenters. The summed E-state index contributed by atoms with van der Waals surface area (Å²) in [6.45, 7) is 2.02. The van der Waals surface area contributed by atoms with Crippen molar-refractivity contribution in [3.63, 3.8) is 0 Å². The van der Waals surface area contributed by atoms with Crippen LogP contribution in [0.15, 0.2) is 85.3 Å². The van der Waals surface area contributed by atoms with Gasteiger partial charge in [-0.25, -0.2) is 4.98 Å². The predicted octanol–water partition coefficient (Wildman–Crippen LogP) is 6.04. The first-order chi connectivity index (χ1) is 14.7. The van der Waals surface area contributed by atoms with Gasteiger partial charge < -0.3 is 10.0 Å². The van der Waals surface area contributed by atoms with Crippen molar-refractivity contribution in [3.05, 3.63) is 85.3 Å². The number of nitrogens with one attached hydrogen (secondary N) is 2.